The molecule has 170 valence electrons. The van der Waals surface area contributed by atoms with Gasteiger partial charge in [-0.15, -0.1) is 5.10 Å². The molecule has 0 bridgehead atoms. The lowest BCUT2D eigenvalue weighted by molar-refractivity contribution is -0.131. The first kappa shape index (κ1) is 21.8. The molecule has 9 heteroatoms. The van der Waals surface area contributed by atoms with Gasteiger partial charge in [0.1, 0.15) is 12.9 Å². The molecule has 0 unspecified atom stereocenters. The quantitative estimate of drug-likeness (QED) is 0.472. The van der Waals surface area contributed by atoms with Crippen molar-refractivity contribution in [2.45, 2.75) is 38.7 Å². The summed E-state index contributed by atoms with van der Waals surface area (Å²) in [6.45, 7) is 1.96. The van der Waals surface area contributed by atoms with Crippen LogP contribution in [-0.2, 0) is 29.0 Å². The standard InChI is InChI=1S/C24H24BrN5O3/c25-23-18(5-8-20-21(23)14-33-24(20)32)4-1-16-9-11-29(12-10-16)22(31)13-17-2-6-19(7-3-17)30-15-26-27-28-30/h2-3,5-8,15-16H,1,4,9-14H2. The van der Waals surface area contributed by atoms with Crippen LogP contribution in [0.3, 0.4) is 0 Å². The molecule has 1 aromatic heterocycles. The molecule has 2 aliphatic heterocycles. The van der Waals surface area contributed by atoms with Gasteiger partial charge in [0.05, 0.1) is 17.7 Å². The normalized spacial score (nSPS) is 16.0. The molecule has 0 spiro atoms. The molecule has 1 amide bonds. The van der Waals surface area contributed by atoms with Crippen molar-refractivity contribution in [3.63, 3.8) is 0 Å². The summed E-state index contributed by atoms with van der Waals surface area (Å²) >= 11 is 3.66. The van der Waals surface area contributed by atoms with Crippen LogP contribution in [0.25, 0.3) is 5.69 Å². The Morgan fingerprint density at radius 2 is 1.91 bits per heavy atom. The van der Waals surface area contributed by atoms with Crippen molar-refractivity contribution in [2.75, 3.05) is 13.1 Å². The SMILES string of the molecule is O=C1OCc2c1ccc(CCC1CCN(C(=O)Cc3ccc(-n4cnnn4)cc3)CC1)c2Br. The van der Waals surface area contributed by atoms with Crippen molar-refractivity contribution in [3.05, 3.63) is 69.5 Å². The zero-order chi connectivity index (χ0) is 22.8. The fourth-order valence-electron chi connectivity index (χ4n) is 4.57. The second-order valence-electron chi connectivity index (χ2n) is 8.60. The number of likely N-dealkylation sites (tertiary alicyclic amines) is 1. The van der Waals surface area contributed by atoms with Gasteiger partial charge in [-0.3, -0.25) is 4.79 Å². The van der Waals surface area contributed by atoms with Crippen LogP contribution < -0.4 is 0 Å². The number of carbonyl (C=O) groups is 2. The van der Waals surface area contributed by atoms with Gasteiger partial charge >= 0.3 is 5.97 Å². The van der Waals surface area contributed by atoms with E-state index in [-0.39, 0.29) is 11.9 Å². The maximum Gasteiger partial charge on any atom is 0.338 e. The van der Waals surface area contributed by atoms with Gasteiger partial charge in [-0.05, 0) is 71.4 Å². The Labute approximate surface area is 200 Å². The van der Waals surface area contributed by atoms with Crippen molar-refractivity contribution in [1.29, 1.82) is 0 Å². The number of tetrazole rings is 1. The van der Waals surface area contributed by atoms with Crippen LogP contribution in [0.15, 0.2) is 47.2 Å². The Morgan fingerprint density at radius 1 is 1.12 bits per heavy atom. The van der Waals surface area contributed by atoms with E-state index < -0.39 is 0 Å². The third-order valence-electron chi connectivity index (χ3n) is 6.59. The zero-order valence-electron chi connectivity index (χ0n) is 18.1. The van der Waals surface area contributed by atoms with Crippen LogP contribution in [0, 0.1) is 5.92 Å². The molecule has 0 radical (unpaired) electrons. The van der Waals surface area contributed by atoms with Crippen molar-refractivity contribution < 1.29 is 14.3 Å². The Morgan fingerprint density at radius 3 is 2.64 bits per heavy atom. The number of cyclic esters (lactones) is 1. The van der Waals surface area contributed by atoms with Crippen molar-refractivity contribution in [3.8, 4) is 5.69 Å². The highest BCUT2D eigenvalue weighted by atomic mass is 79.9. The van der Waals surface area contributed by atoms with E-state index in [0.29, 0.717) is 24.5 Å². The second kappa shape index (κ2) is 9.43. The Kier molecular flexibility index (Phi) is 6.22. The predicted molar refractivity (Wildman–Crippen MR) is 124 cm³/mol. The molecule has 0 aliphatic carbocycles. The van der Waals surface area contributed by atoms with Crippen LogP contribution in [0.4, 0.5) is 0 Å². The monoisotopic (exact) mass is 509 g/mol. The number of benzene rings is 2. The average molecular weight is 510 g/mol. The molecule has 1 fully saturated rings. The molecule has 33 heavy (non-hydrogen) atoms. The fourth-order valence-corrected chi connectivity index (χ4v) is 5.23. The third kappa shape index (κ3) is 4.68. The summed E-state index contributed by atoms with van der Waals surface area (Å²) in [6, 6.07) is 11.7. The molecule has 2 aromatic carbocycles. The van der Waals surface area contributed by atoms with E-state index in [1.54, 1.807) is 11.0 Å². The number of esters is 1. The van der Waals surface area contributed by atoms with Gasteiger partial charge < -0.3 is 9.64 Å². The highest BCUT2D eigenvalue weighted by Crippen LogP contribution is 2.32. The predicted octanol–water partition coefficient (Wildman–Crippen LogP) is 3.51. The van der Waals surface area contributed by atoms with Gasteiger partial charge in [0, 0.05) is 23.1 Å². The van der Waals surface area contributed by atoms with E-state index in [0.717, 1.165) is 60.1 Å². The molecule has 8 nitrogen and oxygen atoms in total. The number of halogens is 1. The summed E-state index contributed by atoms with van der Waals surface area (Å²) in [6.07, 6.45) is 6.02. The minimum Gasteiger partial charge on any atom is -0.457 e. The second-order valence-corrected chi connectivity index (χ2v) is 9.39. The number of nitrogens with zero attached hydrogens (tertiary/aromatic N) is 5. The van der Waals surface area contributed by atoms with Crippen LogP contribution in [0.2, 0.25) is 0 Å². The number of aromatic nitrogens is 4. The highest BCUT2D eigenvalue weighted by molar-refractivity contribution is 9.10. The summed E-state index contributed by atoms with van der Waals surface area (Å²) in [5, 5.41) is 11.2. The number of aryl methyl sites for hydroxylation is 1. The van der Waals surface area contributed by atoms with E-state index in [2.05, 4.69) is 31.5 Å². The maximum absolute atomic E-state index is 12.8. The molecule has 5 rings (SSSR count). The van der Waals surface area contributed by atoms with Gasteiger partial charge in [-0.1, -0.05) is 34.1 Å². The van der Waals surface area contributed by atoms with Crippen LogP contribution >= 0.6 is 15.9 Å². The first-order chi connectivity index (χ1) is 16.1. The number of ether oxygens (including phenoxy) is 1. The van der Waals surface area contributed by atoms with Crippen molar-refractivity contribution in [2.24, 2.45) is 5.92 Å². The smallest absolute Gasteiger partial charge is 0.338 e. The molecule has 1 saturated heterocycles. The van der Waals surface area contributed by atoms with E-state index in [1.165, 1.54) is 5.56 Å². The Hall–Kier alpha value is -3.07. The lowest BCUT2D eigenvalue weighted by atomic mass is 9.89. The molecule has 0 N–H and O–H groups in total. The van der Waals surface area contributed by atoms with Crippen LogP contribution in [0.1, 0.15) is 46.3 Å². The minimum atomic E-state index is -0.238. The molecule has 0 atom stereocenters. The molecule has 2 aliphatic rings. The molecule has 0 saturated carbocycles. The van der Waals surface area contributed by atoms with Crippen molar-refractivity contribution >= 4 is 27.8 Å². The largest absolute Gasteiger partial charge is 0.457 e. The topological polar surface area (TPSA) is 90.2 Å². The van der Waals surface area contributed by atoms with Crippen LogP contribution in [-0.4, -0.2) is 50.1 Å². The summed E-state index contributed by atoms with van der Waals surface area (Å²) in [7, 11) is 0. The molecule has 3 heterocycles. The van der Waals surface area contributed by atoms with Gasteiger partial charge in [-0.25, -0.2) is 9.48 Å². The van der Waals surface area contributed by atoms with Gasteiger partial charge in [-0.2, -0.15) is 0 Å². The Bertz CT molecular complexity index is 1160. The zero-order valence-corrected chi connectivity index (χ0v) is 19.7. The first-order valence-corrected chi connectivity index (χ1v) is 12.0. The summed E-state index contributed by atoms with van der Waals surface area (Å²) < 4.78 is 7.73. The number of piperidine rings is 1. The van der Waals surface area contributed by atoms with Crippen molar-refractivity contribution in [1.82, 2.24) is 25.1 Å². The number of carbonyl (C=O) groups excluding carboxylic acids is 2. The van der Waals surface area contributed by atoms with Gasteiger partial charge in [0.2, 0.25) is 5.91 Å². The number of hydrogen-bond donors (Lipinski definition) is 0. The lowest BCUT2D eigenvalue weighted by Crippen LogP contribution is -2.39. The fraction of sp³-hybridized carbons (Fsp3) is 0.375. The number of amides is 1. The molecule has 3 aromatic rings. The van der Waals surface area contributed by atoms with E-state index in [1.807, 2.05) is 41.3 Å². The van der Waals surface area contributed by atoms with E-state index in [4.69, 9.17) is 4.74 Å². The van der Waals surface area contributed by atoms with Crippen LogP contribution in [0.5, 0.6) is 0 Å². The maximum atomic E-state index is 12.8. The number of rotatable bonds is 6. The minimum absolute atomic E-state index is 0.176. The van der Waals surface area contributed by atoms with Gasteiger partial charge in [0.15, 0.2) is 0 Å². The number of fused-ring (bicyclic) bond motifs is 1. The summed E-state index contributed by atoms with van der Waals surface area (Å²) in [5.74, 6) is 0.537. The lowest BCUT2D eigenvalue weighted by Gasteiger charge is -2.32. The van der Waals surface area contributed by atoms with E-state index >= 15 is 0 Å². The Balaban J connectivity index is 1.10. The first-order valence-electron chi connectivity index (χ1n) is 11.2. The summed E-state index contributed by atoms with van der Waals surface area (Å²) in [5.41, 5.74) is 4.70. The molecular weight excluding hydrogens is 486 g/mol. The third-order valence-corrected chi connectivity index (χ3v) is 7.57. The highest BCUT2D eigenvalue weighted by Gasteiger charge is 2.26. The summed E-state index contributed by atoms with van der Waals surface area (Å²) in [4.78, 5) is 26.5. The average Bonchev–Trinajstić information content (AvgIpc) is 3.50. The van der Waals surface area contributed by atoms with E-state index in [9.17, 15) is 9.59 Å². The van der Waals surface area contributed by atoms with Gasteiger partial charge in [0.25, 0.3) is 0 Å². The number of hydrogen-bond acceptors (Lipinski definition) is 6. The molecular formula is C24H24BrN5O3.